The van der Waals surface area contributed by atoms with Gasteiger partial charge in [-0.25, -0.2) is 19.2 Å². The van der Waals surface area contributed by atoms with Gasteiger partial charge in [0.05, 0.1) is 23.7 Å². The minimum absolute atomic E-state index is 0.256. The van der Waals surface area contributed by atoms with E-state index in [0.29, 0.717) is 0 Å². The Morgan fingerprint density at radius 3 is 1.09 bits per heavy atom. The molecule has 4 N–H and O–H groups in total. The molecule has 0 aliphatic heterocycles. The van der Waals surface area contributed by atoms with Crippen LogP contribution in [0.25, 0.3) is 0 Å². The van der Waals surface area contributed by atoms with Gasteiger partial charge in [-0.15, -0.1) is 0 Å². The fraction of sp³-hybridized carbons (Fsp3) is 0.600. The Balaban J connectivity index is 3.28. The molecule has 12 heteroatoms. The van der Waals surface area contributed by atoms with Crippen LogP contribution in [0.1, 0.15) is 12.8 Å². The molecule has 0 heterocycles. The van der Waals surface area contributed by atoms with Crippen molar-refractivity contribution in [3.05, 3.63) is 0 Å². The molecule has 1 rings (SSSR count). The van der Waals surface area contributed by atoms with E-state index in [1.165, 1.54) is 0 Å². The second kappa shape index (κ2) is 7.65. The molecule has 0 aromatic rings. The number of carbonyl (C=O) groups is 4. The Labute approximate surface area is 121 Å². The first-order valence-electron chi connectivity index (χ1n) is 5.83. The summed E-state index contributed by atoms with van der Waals surface area (Å²) >= 11 is 0. The lowest BCUT2D eigenvalue weighted by atomic mass is 9.66. The lowest BCUT2D eigenvalue weighted by Crippen LogP contribution is -2.49. The van der Waals surface area contributed by atoms with Gasteiger partial charge in [-0.05, 0) is 12.8 Å². The average molecular weight is 324 g/mol. The van der Waals surface area contributed by atoms with Gasteiger partial charge >= 0.3 is 23.9 Å². The zero-order chi connectivity index (χ0) is 16.9. The van der Waals surface area contributed by atoms with E-state index in [2.05, 4.69) is 19.6 Å². The van der Waals surface area contributed by atoms with Gasteiger partial charge in [-0.1, -0.05) is 0 Å². The smallest absolute Gasteiger partial charge is 0.301 e. The first kappa shape index (κ1) is 17.8. The number of carbonyl (C=O) groups excluding carboxylic acids is 4. The van der Waals surface area contributed by atoms with Crippen LogP contribution < -0.4 is 0 Å². The maximum absolute atomic E-state index is 11.6. The molecule has 0 spiro atoms. The van der Waals surface area contributed by atoms with Gasteiger partial charge in [0.2, 0.25) is 0 Å². The fourth-order valence-corrected chi connectivity index (χ4v) is 2.63. The van der Waals surface area contributed by atoms with E-state index >= 15 is 0 Å². The molecule has 4 unspecified atom stereocenters. The van der Waals surface area contributed by atoms with Crippen LogP contribution in [0.5, 0.6) is 0 Å². The van der Waals surface area contributed by atoms with Crippen LogP contribution in [0.3, 0.4) is 0 Å². The summed E-state index contributed by atoms with van der Waals surface area (Å²) in [5, 5.41) is 33.7. The Kier molecular flexibility index (Phi) is 6.18. The third kappa shape index (κ3) is 3.30. The Hall–Kier alpha value is -2.28. The van der Waals surface area contributed by atoms with Crippen LogP contribution in [-0.4, -0.2) is 44.9 Å². The molecule has 22 heavy (non-hydrogen) atoms. The second-order valence-corrected chi connectivity index (χ2v) is 4.48. The molecule has 0 bridgehead atoms. The van der Waals surface area contributed by atoms with E-state index in [1.54, 1.807) is 0 Å². The van der Waals surface area contributed by atoms with Crippen molar-refractivity contribution in [2.75, 3.05) is 0 Å². The summed E-state index contributed by atoms with van der Waals surface area (Å²) in [6.07, 6.45) is -0.512. The highest BCUT2D eigenvalue weighted by Crippen LogP contribution is 2.41. The first-order valence-corrected chi connectivity index (χ1v) is 5.83. The SMILES string of the molecule is O=C(OO)C1CCC(C(=O)OO)C(C(=O)OO)C1C(=O)OO. The average Bonchev–Trinajstić information content (AvgIpc) is 2.57. The van der Waals surface area contributed by atoms with Crippen molar-refractivity contribution in [1.82, 2.24) is 0 Å². The van der Waals surface area contributed by atoms with Crippen molar-refractivity contribution >= 4 is 23.9 Å². The zero-order valence-electron chi connectivity index (χ0n) is 10.8. The van der Waals surface area contributed by atoms with Crippen LogP contribution in [0.4, 0.5) is 0 Å². The molecule has 124 valence electrons. The Morgan fingerprint density at radius 2 is 0.864 bits per heavy atom. The summed E-state index contributed by atoms with van der Waals surface area (Å²) in [7, 11) is 0. The van der Waals surface area contributed by atoms with Crippen LogP contribution in [0.2, 0.25) is 0 Å². The van der Waals surface area contributed by atoms with Gasteiger partial charge in [0, 0.05) is 0 Å². The molecule has 1 saturated carbocycles. The molecule has 0 aromatic heterocycles. The number of rotatable bonds is 4. The molecule has 1 fully saturated rings. The highest BCUT2D eigenvalue weighted by atomic mass is 17.1. The molecule has 4 atom stereocenters. The molecule has 0 saturated heterocycles. The predicted octanol–water partition coefficient (Wildman–Crippen LogP) is -0.690. The molecule has 1 aliphatic carbocycles. The molecular weight excluding hydrogens is 312 g/mol. The normalized spacial score (nSPS) is 27.5. The highest BCUT2D eigenvalue weighted by molar-refractivity contribution is 5.90. The topological polar surface area (TPSA) is 186 Å². The zero-order valence-corrected chi connectivity index (χ0v) is 10.8. The largest absolute Gasteiger partial charge is 0.346 e. The maximum Gasteiger partial charge on any atom is 0.346 e. The minimum atomic E-state index is -1.83. The molecule has 0 radical (unpaired) electrons. The van der Waals surface area contributed by atoms with E-state index in [1.807, 2.05) is 0 Å². The first-order chi connectivity index (χ1) is 10.4. The van der Waals surface area contributed by atoms with E-state index < -0.39 is 47.5 Å². The summed E-state index contributed by atoms with van der Waals surface area (Å²) in [6, 6.07) is 0. The summed E-state index contributed by atoms with van der Waals surface area (Å²) in [5.74, 6) is -12.3. The fourth-order valence-electron chi connectivity index (χ4n) is 2.63. The predicted molar refractivity (Wildman–Crippen MR) is 58.1 cm³/mol. The number of hydrogen-bond donors (Lipinski definition) is 4. The van der Waals surface area contributed by atoms with Crippen molar-refractivity contribution in [3.63, 3.8) is 0 Å². The van der Waals surface area contributed by atoms with Crippen LogP contribution in [0, 0.1) is 23.7 Å². The van der Waals surface area contributed by atoms with Crippen molar-refractivity contribution in [3.8, 4) is 0 Å². The van der Waals surface area contributed by atoms with Crippen molar-refractivity contribution in [2.45, 2.75) is 12.8 Å². The lowest BCUT2D eigenvalue weighted by Gasteiger charge is -2.35. The molecule has 1 aliphatic rings. The van der Waals surface area contributed by atoms with Gasteiger partial charge < -0.3 is 19.6 Å². The molecular formula is C10H12O12. The quantitative estimate of drug-likeness (QED) is 0.290. The highest BCUT2D eigenvalue weighted by Gasteiger charge is 2.55. The van der Waals surface area contributed by atoms with Crippen LogP contribution >= 0.6 is 0 Å². The summed E-state index contributed by atoms with van der Waals surface area (Å²) in [4.78, 5) is 60.1. The van der Waals surface area contributed by atoms with Crippen LogP contribution in [0.15, 0.2) is 0 Å². The van der Waals surface area contributed by atoms with Gasteiger partial charge in [-0.3, -0.25) is 0 Å². The van der Waals surface area contributed by atoms with E-state index in [9.17, 15) is 19.2 Å². The summed E-state index contributed by atoms with van der Waals surface area (Å²) < 4.78 is 0. The van der Waals surface area contributed by atoms with Crippen molar-refractivity contribution < 1.29 is 59.8 Å². The van der Waals surface area contributed by atoms with Gasteiger partial charge in [-0.2, -0.15) is 21.0 Å². The van der Waals surface area contributed by atoms with Gasteiger partial charge in [0.25, 0.3) is 0 Å². The minimum Gasteiger partial charge on any atom is -0.301 e. The molecule has 0 amide bonds. The summed E-state index contributed by atoms with van der Waals surface area (Å²) in [5.41, 5.74) is 0. The molecule has 0 aromatic carbocycles. The number of hydrogen-bond acceptors (Lipinski definition) is 12. The lowest BCUT2D eigenvalue weighted by molar-refractivity contribution is -0.267. The Bertz CT molecular complexity index is 417. The van der Waals surface area contributed by atoms with Crippen LogP contribution in [-0.2, 0) is 38.7 Å². The monoisotopic (exact) mass is 324 g/mol. The van der Waals surface area contributed by atoms with Crippen molar-refractivity contribution in [1.29, 1.82) is 0 Å². The van der Waals surface area contributed by atoms with Crippen molar-refractivity contribution in [2.24, 2.45) is 23.7 Å². The second-order valence-electron chi connectivity index (χ2n) is 4.48. The van der Waals surface area contributed by atoms with E-state index in [4.69, 9.17) is 21.0 Å². The standard InChI is InChI=1S/C10H12O12/c11-7(19-15)3-1-2-4(8(12)20-16)6(10(14)22-18)5(3)9(13)21-17/h3-6,15-18H,1-2H2. The van der Waals surface area contributed by atoms with Gasteiger partial charge in [0.1, 0.15) is 0 Å². The molecule has 12 nitrogen and oxygen atoms in total. The third-order valence-electron chi connectivity index (χ3n) is 3.55. The van der Waals surface area contributed by atoms with E-state index in [-0.39, 0.29) is 12.8 Å². The Morgan fingerprint density at radius 1 is 0.591 bits per heavy atom. The maximum atomic E-state index is 11.6. The van der Waals surface area contributed by atoms with E-state index in [0.717, 1.165) is 0 Å². The third-order valence-corrected chi connectivity index (χ3v) is 3.55. The van der Waals surface area contributed by atoms with Gasteiger partial charge in [0.15, 0.2) is 0 Å². The summed E-state index contributed by atoms with van der Waals surface area (Å²) in [6.45, 7) is 0.